The van der Waals surface area contributed by atoms with Crippen LogP contribution >= 0.6 is 0 Å². The fourth-order valence-electron chi connectivity index (χ4n) is 7.84. The Balaban J connectivity index is 1.12. The molecule has 4 aromatic heterocycles. The molecule has 0 radical (unpaired) electrons. The number of aromatic nitrogens is 4. The number of nitrogens with zero attached hydrogens (tertiary/aromatic N) is 4. The van der Waals surface area contributed by atoms with Gasteiger partial charge in [0.15, 0.2) is 0 Å². The maximum absolute atomic E-state index is 4.80. The minimum Gasteiger partial charge on any atom is -0.340 e. The molecule has 0 atom stereocenters. The van der Waals surface area contributed by atoms with E-state index >= 15 is 0 Å². The summed E-state index contributed by atoms with van der Waals surface area (Å²) >= 11 is 0. The first-order valence-electron chi connectivity index (χ1n) is 18.7. The minimum atomic E-state index is 0.882. The number of hydrogen-bond acceptors (Lipinski definition) is 2. The molecule has 250 valence electrons. The second-order valence-corrected chi connectivity index (χ2v) is 13.8. The molecule has 0 bridgehead atoms. The maximum atomic E-state index is 4.80. The van der Waals surface area contributed by atoms with Crippen LogP contribution in [0.2, 0.25) is 0 Å². The zero-order valence-corrected chi connectivity index (χ0v) is 29.4. The molecule has 0 fully saturated rings. The Kier molecular flexibility index (Phi) is 9.17. The lowest BCUT2D eigenvalue weighted by Gasteiger charge is -2.10. The number of para-hydroxylation sites is 2. The number of fused-ring (bicyclic) bond motifs is 6. The molecule has 0 saturated heterocycles. The monoisotopic (exact) mass is 654 g/mol. The Morgan fingerprint density at radius 3 is 1.28 bits per heavy atom. The van der Waals surface area contributed by atoms with E-state index < -0.39 is 0 Å². The Bertz CT molecular complexity index is 2260. The lowest BCUT2D eigenvalue weighted by molar-refractivity contribution is 0.602. The van der Waals surface area contributed by atoms with Crippen molar-refractivity contribution in [3.63, 3.8) is 0 Å². The normalized spacial score (nSPS) is 11.8. The highest BCUT2D eigenvalue weighted by Crippen LogP contribution is 2.36. The van der Waals surface area contributed by atoms with Crippen LogP contribution in [-0.4, -0.2) is 19.1 Å². The van der Waals surface area contributed by atoms with Gasteiger partial charge in [-0.15, -0.1) is 0 Å². The molecule has 50 heavy (non-hydrogen) atoms. The van der Waals surface area contributed by atoms with Gasteiger partial charge in [-0.3, -0.25) is 9.97 Å². The quantitative estimate of drug-likeness (QED) is 0.116. The van der Waals surface area contributed by atoms with Gasteiger partial charge < -0.3 is 9.13 Å². The predicted molar refractivity (Wildman–Crippen MR) is 213 cm³/mol. The van der Waals surface area contributed by atoms with E-state index in [1.807, 2.05) is 12.4 Å². The van der Waals surface area contributed by atoms with E-state index in [1.165, 1.54) is 106 Å². The van der Waals surface area contributed by atoms with Crippen molar-refractivity contribution in [2.75, 3.05) is 0 Å². The Labute approximate surface area is 295 Å². The highest BCUT2D eigenvalue weighted by atomic mass is 15.0. The summed E-state index contributed by atoms with van der Waals surface area (Å²) in [5, 5.41) is 5.26. The van der Waals surface area contributed by atoms with Crippen molar-refractivity contribution in [1.29, 1.82) is 0 Å². The molecule has 0 aliphatic rings. The van der Waals surface area contributed by atoms with Crippen molar-refractivity contribution in [2.45, 2.75) is 78.3 Å². The number of benzene rings is 4. The molecule has 0 spiro atoms. The van der Waals surface area contributed by atoms with E-state index in [1.54, 1.807) is 0 Å². The Morgan fingerprint density at radius 1 is 0.400 bits per heavy atom. The lowest BCUT2D eigenvalue weighted by atomic mass is 10.0. The fourth-order valence-corrected chi connectivity index (χ4v) is 7.84. The fraction of sp³-hybridized carbons (Fsp3) is 0.261. The molecule has 8 rings (SSSR count). The van der Waals surface area contributed by atoms with Crippen molar-refractivity contribution in [1.82, 2.24) is 19.1 Å². The van der Waals surface area contributed by atoms with Crippen LogP contribution in [0, 0.1) is 0 Å². The van der Waals surface area contributed by atoms with E-state index in [2.05, 4.69) is 132 Å². The van der Waals surface area contributed by atoms with Crippen LogP contribution < -0.4 is 0 Å². The lowest BCUT2D eigenvalue weighted by Crippen LogP contribution is -1.97. The van der Waals surface area contributed by atoms with Gasteiger partial charge in [-0.1, -0.05) is 101 Å². The van der Waals surface area contributed by atoms with Gasteiger partial charge in [-0.2, -0.15) is 0 Å². The molecule has 4 aromatic carbocycles. The molecule has 4 nitrogen and oxygen atoms in total. The maximum Gasteiger partial charge on any atom is 0.0892 e. The third kappa shape index (κ3) is 6.08. The first-order chi connectivity index (χ1) is 24.7. The molecule has 0 aliphatic heterocycles. The van der Waals surface area contributed by atoms with Crippen LogP contribution in [0.15, 0.2) is 122 Å². The molecular weight excluding hydrogens is 609 g/mol. The highest BCUT2D eigenvalue weighted by Gasteiger charge is 2.14. The van der Waals surface area contributed by atoms with Gasteiger partial charge in [0.25, 0.3) is 0 Å². The third-order valence-corrected chi connectivity index (χ3v) is 10.5. The molecule has 0 aliphatic carbocycles. The number of unbranched alkanes of at least 4 members (excludes halogenated alkanes) is 6. The minimum absolute atomic E-state index is 0.882. The van der Waals surface area contributed by atoms with Gasteiger partial charge >= 0.3 is 0 Å². The SMILES string of the molecule is CCCCCCn1c2ccccc2c2cc(-c3ccnc(-c4cc(-c5ccc6c(c5)c5ccccc5n6CCCCCC)ccn4)c3)ccc21. The molecular formula is C46H46N4. The van der Waals surface area contributed by atoms with E-state index in [0.717, 1.165) is 35.6 Å². The zero-order valence-electron chi connectivity index (χ0n) is 29.4. The molecule has 0 unspecified atom stereocenters. The van der Waals surface area contributed by atoms with E-state index in [9.17, 15) is 0 Å². The predicted octanol–water partition coefficient (Wildman–Crippen LogP) is 12.9. The van der Waals surface area contributed by atoms with E-state index in [-0.39, 0.29) is 0 Å². The number of pyridine rings is 2. The summed E-state index contributed by atoms with van der Waals surface area (Å²) in [5.41, 5.74) is 11.7. The molecule has 8 aromatic rings. The summed E-state index contributed by atoms with van der Waals surface area (Å²) in [4.78, 5) is 9.60. The molecule has 0 N–H and O–H groups in total. The summed E-state index contributed by atoms with van der Waals surface area (Å²) in [6.45, 7) is 6.66. The van der Waals surface area contributed by atoms with Crippen LogP contribution in [0.3, 0.4) is 0 Å². The second-order valence-electron chi connectivity index (χ2n) is 13.8. The van der Waals surface area contributed by atoms with Crippen molar-refractivity contribution in [2.24, 2.45) is 0 Å². The van der Waals surface area contributed by atoms with Gasteiger partial charge in [0.1, 0.15) is 0 Å². The standard InChI is InChI=1S/C46H46N4/c1-3-5-7-13-27-49-43-17-11-9-15-37(43)39-29-33(19-21-45(39)49)35-23-25-47-41(31-35)42-32-36(24-26-48-42)34-20-22-46-40(30-34)38-16-10-12-18-44(38)50(46)28-14-8-6-4-2/h9-12,15-26,29-32H,3-8,13-14,27-28H2,1-2H3. The van der Waals surface area contributed by atoms with E-state index in [0.29, 0.717) is 0 Å². The van der Waals surface area contributed by atoms with Crippen molar-refractivity contribution >= 4 is 43.6 Å². The number of aryl methyl sites for hydroxylation is 2. The highest BCUT2D eigenvalue weighted by molar-refractivity contribution is 6.10. The van der Waals surface area contributed by atoms with Crippen LogP contribution in [0.5, 0.6) is 0 Å². The first kappa shape index (κ1) is 32.0. The van der Waals surface area contributed by atoms with Gasteiger partial charge in [-0.05, 0) is 95.8 Å². The first-order valence-corrected chi connectivity index (χ1v) is 18.7. The van der Waals surface area contributed by atoms with E-state index in [4.69, 9.17) is 9.97 Å². The molecule has 4 heterocycles. The number of rotatable bonds is 13. The average molecular weight is 655 g/mol. The van der Waals surface area contributed by atoms with Gasteiger partial charge in [0.2, 0.25) is 0 Å². The molecule has 4 heteroatoms. The van der Waals surface area contributed by atoms with Crippen LogP contribution in [-0.2, 0) is 13.1 Å². The molecule has 0 saturated carbocycles. The Morgan fingerprint density at radius 2 is 0.820 bits per heavy atom. The van der Waals surface area contributed by atoms with Gasteiger partial charge in [0, 0.05) is 69.1 Å². The zero-order chi connectivity index (χ0) is 33.9. The van der Waals surface area contributed by atoms with Crippen molar-refractivity contribution in [3.8, 4) is 33.6 Å². The summed E-state index contributed by atoms with van der Waals surface area (Å²) in [6, 6.07) is 40.2. The topological polar surface area (TPSA) is 35.6 Å². The average Bonchev–Trinajstić information content (AvgIpc) is 3.66. The van der Waals surface area contributed by atoms with Crippen LogP contribution in [0.25, 0.3) is 77.3 Å². The van der Waals surface area contributed by atoms with Crippen LogP contribution in [0.1, 0.15) is 65.2 Å². The summed E-state index contributed by atoms with van der Waals surface area (Å²) in [5.74, 6) is 0. The second kappa shape index (κ2) is 14.3. The number of hydrogen-bond donors (Lipinski definition) is 0. The van der Waals surface area contributed by atoms with Crippen LogP contribution in [0.4, 0.5) is 0 Å². The largest absolute Gasteiger partial charge is 0.340 e. The van der Waals surface area contributed by atoms with Gasteiger partial charge in [0.05, 0.1) is 11.4 Å². The summed E-state index contributed by atoms with van der Waals surface area (Å²) in [6.07, 6.45) is 13.9. The summed E-state index contributed by atoms with van der Waals surface area (Å²) in [7, 11) is 0. The van der Waals surface area contributed by atoms with Crippen molar-refractivity contribution < 1.29 is 0 Å². The van der Waals surface area contributed by atoms with Gasteiger partial charge in [-0.25, -0.2) is 0 Å². The summed E-state index contributed by atoms with van der Waals surface area (Å²) < 4.78 is 5.03. The Hall–Kier alpha value is -5.22. The van der Waals surface area contributed by atoms with Crippen molar-refractivity contribution in [3.05, 3.63) is 122 Å². The molecule has 0 amide bonds. The third-order valence-electron chi connectivity index (χ3n) is 10.5. The smallest absolute Gasteiger partial charge is 0.0892 e.